The molecule has 0 saturated heterocycles. The van der Waals surface area contributed by atoms with Crippen molar-refractivity contribution in [2.75, 3.05) is 6.54 Å². The lowest BCUT2D eigenvalue weighted by Crippen LogP contribution is -2.24. The number of hydrogen-bond donors (Lipinski definition) is 1. The predicted molar refractivity (Wildman–Crippen MR) is 78.1 cm³/mol. The average Bonchev–Trinajstić information content (AvgIpc) is 2.41. The predicted octanol–water partition coefficient (Wildman–Crippen LogP) is 3.18. The maximum Gasteiger partial charge on any atom is 0.0766 e. The van der Waals surface area contributed by atoms with Crippen LogP contribution in [0.4, 0.5) is 0 Å². The molecule has 3 nitrogen and oxygen atoms in total. The van der Waals surface area contributed by atoms with Crippen molar-refractivity contribution in [3.63, 3.8) is 0 Å². The number of aromatic nitrogens is 2. The van der Waals surface area contributed by atoms with E-state index >= 15 is 0 Å². The Morgan fingerprint density at radius 1 is 1.16 bits per heavy atom. The van der Waals surface area contributed by atoms with Crippen molar-refractivity contribution in [2.45, 2.75) is 33.2 Å². The van der Waals surface area contributed by atoms with Gasteiger partial charge in [0.1, 0.15) is 0 Å². The second-order valence-electron chi connectivity index (χ2n) is 4.88. The fraction of sp³-hybridized carbons (Fsp3) is 0.375. The van der Waals surface area contributed by atoms with Crippen molar-refractivity contribution in [3.8, 4) is 0 Å². The Hall–Kier alpha value is -1.74. The molecular weight excluding hydrogens is 234 g/mol. The lowest BCUT2D eigenvalue weighted by molar-refractivity contribution is 0.584. The van der Waals surface area contributed by atoms with Crippen molar-refractivity contribution < 1.29 is 0 Å². The number of nitrogens with one attached hydrogen (secondary N) is 1. The highest BCUT2D eigenvalue weighted by atomic mass is 14.9. The summed E-state index contributed by atoms with van der Waals surface area (Å²) in [5.41, 5.74) is 4.49. The van der Waals surface area contributed by atoms with Gasteiger partial charge >= 0.3 is 0 Å². The van der Waals surface area contributed by atoms with E-state index in [0.29, 0.717) is 0 Å². The maximum absolute atomic E-state index is 4.50. The molecule has 0 radical (unpaired) electrons. The molecule has 0 fully saturated rings. The van der Waals surface area contributed by atoms with Gasteiger partial charge in [0.05, 0.1) is 11.7 Å². The van der Waals surface area contributed by atoms with E-state index < -0.39 is 0 Å². The van der Waals surface area contributed by atoms with Gasteiger partial charge in [-0.3, -0.25) is 9.97 Å². The van der Waals surface area contributed by atoms with E-state index in [1.807, 2.05) is 31.5 Å². The molecule has 0 aliphatic carbocycles. The van der Waals surface area contributed by atoms with E-state index in [0.717, 1.165) is 29.9 Å². The van der Waals surface area contributed by atoms with E-state index in [1.165, 1.54) is 5.56 Å². The van der Waals surface area contributed by atoms with Crippen molar-refractivity contribution >= 4 is 0 Å². The minimum atomic E-state index is 0.118. The van der Waals surface area contributed by atoms with Crippen LogP contribution in [0.5, 0.6) is 0 Å². The molecule has 3 heteroatoms. The molecule has 0 aromatic carbocycles. The maximum atomic E-state index is 4.50. The molecule has 0 spiro atoms. The molecule has 1 atom stereocenters. The van der Waals surface area contributed by atoms with Crippen molar-refractivity contribution in [1.29, 1.82) is 0 Å². The summed E-state index contributed by atoms with van der Waals surface area (Å²) in [6, 6.07) is 8.44. The molecule has 2 heterocycles. The summed E-state index contributed by atoms with van der Waals surface area (Å²) in [5.74, 6) is 0. The fourth-order valence-electron chi connectivity index (χ4n) is 2.05. The topological polar surface area (TPSA) is 37.8 Å². The quantitative estimate of drug-likeness (QED) is 0.891. The third-order valence-corrected chi connectivity index (χ3v) is 3.10. The van der Waals surface area contributed by atoms with Crippen LogP contribution in [0.2, 0.25) is 0 Å². The number of aryl methyl sites for hydroxylation is 2. The molecule has 100 valence electrons. The second-order valence-corrected chi connectivity index (χ2v) is 4.88. The second kappa shape index (κ2) is 6.43. The summed E-state index contributed by atoms with van der Waals surface area (Å²) in [6.45, 7) is 7.23. The Morgan fingerprint density at radius 2 is 2.00 bits per heavy atom. The molecule has 1 unspecified atom stereocenters. The number of pyridine rings is 2. The normalized spacial score (nSPS) is 12.4. The molecular formula is C16H21N3. The van der Waals surface area contributed by atoms with Crippen LogP contribution in [0, 0.1) is 13.8 Å². The Labute approximate surface area is 115 Å². The van der Waals surface area contributed by atoms with Crippen molar-refractivity contribution in [3.05, 3.63) is 59.2 Å². The SMILES string of the molecule is CCCNC(c1ccc(C)nc1)c1cc(C)ccn1. The first-order valence-corrected chi connectivity index (χ1v) is 6.79. The Balaban J connectivity index is 2.32. The van der Waals surface area contributed by atoms with Gasteiger partial charge in [-0.2, -0.15) is 0 Å². The van der Waals surface area contributed by atoms with Gasteiger partial charge in [0.25, 0.3) is 0 Å². The summed E-state index contributed by atoms with van der Waals surface area (Å²) in [7, 11) is 0. The molecule has 0 saturated carbocycles. The van der Waals surface area contributed by atoms with E-state index in [9.17, 15) is 0 Å². The lowest BCUT2D eigenvalue weighted by Gasteiger charge is -2.18. The largest absolute Gasteiger partial charge is 0.305 e. The van der Waals surface area contributed by atoms with E-state index in [1.54, 1.807) is 0 Å². The number of rotatable bonds is 5. The zero-order chi connectivity index (χ0) is 13.7. The summed E-state index contributed by atoms with van der Waals surface area (Å²) in [6.07, 6.45) is 4.90. The average molecular weight is 255 g/mol. The molecule has 0 amide bonds. The monoisotopic (exact) mass is 255 g/mol. The molecule has 2 aromatic rings. The van der Waals surface area contributed by atoms with E-state index in [2.05, 4.69) is 41.3 Å². The van der Waals surface area contributed by atoms with Crippen LogP contribution in [0.3, 0.4) is 0 Å². The highest BCUT2D eigenvalue weighted by Gasteiger charge is 2.14. The Bertz CT molecular complexity index is 520. The highest BCUT2D eigenvalue weighted by molar-refractivity contribution is 5.28. The van der Waals surface area contributed by atoms with Crippen LogP contribution in [-0.4, -0.2) is 16.5 Å². The van der Waals surface area contributed by atoms with Crippen LogP contribution in [-0.2, 0) is 0 Å². The molecule has 2 aromatic heterocycles. The van der Waals surface area contributed by atoms with Gasteiger partial charge in [-0.25, -0.2) is 0 Å². The van der Waals surface area contributed by atoms with Gasteiger partial charge in [0.2, 0.25) is 0 Å². The Kier molecular flexibility index (Phi) is 4.63. The highest BCUT2D eigenvalue weighted by Crippen LogP contribution is 2.20. The van der Waals surface area contributed by atoms with E-state index in [-0.39, 0.29) is 6.04 Å². The summed E-state index contributed by atoms with van der Waals surface area (Å²) in [4.78, 5) is 8.89. The summed E-state index contributed by atoms with van der Waals surface area (Å²) in [5, 5.41) is 3.55. The van der Waals surface area contributed by atoms with Crippen molar-refractivity contribution in [1.82, 2.24) is 15.3 Å². The zero-order valence-corrected chi connectivity index (χ0v) is 11.9. The van der Waals surface area contributed by atoms with Crippen LogP contribution in [0.1, 0.15) is 41.9 Å². The first kappa shape index (κ1) is 13.7. The molecule has 0 bridgehead atoms. The summed E-state index contributed by atoms with van der Waals surface area (Å²) < 4.78 is 0. The van der Waals surface area contributed by atoms with Gasteiger partial charge in [-0.15, -0.1) is 0 Å². The lowest BCUT2D eigenvalue weighted by atomic mass is 10.0. The third kappa shape index (κ3) is 3.61. The molecule has 0 aliphatic rings. The minimum absolute atomic E-state index is 0.118. The fourth-order valence-corrected chi connectivity index (χ4v) is 2.05. The first-order valence-electron chi connectivity index (χ1n) is 6.79. The number of hydrogen-bond acceptors (Lipinski definition) is 3. The summed E-state index contributed by atoms with van der Waals surface area (Å²) >= 11 is 0. The van der Waals surface area contributed by atoms with Gasteiger partial charge in [0.15, 0.2) is 0 Å². The van der Waals surface area contributed by atoms with Crippen LogP contribution in [0.15, 0.2) is 36.7 Å². The van der Waals surface area contributed by atoms with Gasteiger partial charge in [0, 0.05) is 18.1 Å². The van der Waals surface area contributed by atoms with Crippen LogP contribution in [0.25, 0.3) is 0 Å². The van der Waals surface area contributed by atoms with E-state index in [4.69, 9.17) is 0 Å². The minimum Gasteiger partial charge on any atom is -0.305 e. The molecule has 0 aliphatic heterocycles. The van der Waals surface area contributed by atoms with Crippen LogP contribution < -0.4 is 5.32 Å². The molecule has 1 N–H and O–H groups in total. The number of nitrogens with zero attached hydrogens (tertiary/aromatic N) is 2. The first-order chi connectivity index (χ1) is 9.20. The van der Waals surface area contributed by atoms with Gasteiger partial charge < -0.3 is 5.32 Å². The van der Waals surface area contributed by atoms with Gasteiger partial charge in [-0.1, -0.05) is 13.0 Å². The zero-order valence-electron chi connectivity index (χ0n) is 11.9. The Morgan fingerprint density at radius 3 is 2.63 bits per heavy atom. The van der Waals surface area contributed by atoms with Crippen molar-refractivity contribution in [2.24, 2.45) is 0 Å². The van der Waals surface area contributed by atoms with Gasteiger partial charge in [-0.05, 0) is 56.1 Å². The smallest absolute Gasteiger partial charge is 0.0766 e. The molecule has 19 heavy (non-hydrogen) atoms. The standard InChI is InChI=1S/C16H21N3/c1-4-8-18-16(14-6-5-13(3)19-11-14)15-10-12(2)7-9-17-15/h5-7,9-11,16,18H,4,8H2,1-3H3. The molecule has 2 rings (SSSR count). The van der Waals surface area contributed by atoms with Crippen LogP contribution >= 0.6 is 0 Å². The third-order valence-electron chi connectivity index (χ3n) is 3.10.